The van der Waals surface area contributed by atoms with E-state index in [1.807, 2.05) is 61.6 Å². The molecule has 0 aromatic heterocycles. The Labute approximate surface area is 338 Å². The number of hydrogen-bond donors (Lipinski definition) is 3. The zero-order valence-electron chi connectivity index (χ0n) is 34.2. The number of carbonyl (C=O) groups excluding carboxylic acids is 2. The third kappa shape index (κ3) is 38.9. The number of phosphoric acid groups is 1. The van der Waals surface area contributed by atoms with E-state index in [0.29, 0.717) is 32.1 Å². The molecule has 0 aromatic rings. The Morgan fingerprint density at radius 3 is 1.71 bits per heavy atom. The molecule has 0 radical (unpaired) electrons. The van der Waals surface area contributed by atoms with E-state index in [0.717, 1.165) is 44.9 Å². The van der Waals surface area contributed by atoms with Gasteiger partial charge in [-0.05, 0) is 83.5 Å². The summed E-state index contributed by atoms with van der Waals surface area (Å²) >= 11 is 0. The Morgan fingerprint density at radius 2 is 1.16 bits per heavy atom. The molecule has 11 heteroatoms. The van der Waals surface area contributed by atoms with Crippen molar-refractivity contribution in [3.63, 3.8) is 0 Å². The predicted molar refractivity (Wildman–Crippen MR) is 230 cm³/mol. The molecule has 0 amide bonds. The van der Waals surface area contributed by atoms with Crippen LogP contribution in [-0.4, -0.2) is 60.5 Å². The van der Waals surface area contributed by atoms with Crippen LogP contribution in [0, 0.1) is 0 Å². The van der Waals surface area contributed by atoms with Crippen LogP contribution in [0.5, 0.6) is 0 Å². The van der Waals surface area contributed by atoms with E-state index < -0.39 is 38.6 Å². The number of nitrogens with two attached hydrogens (primary N) is 1. The highest BCUT2D eigenvalue weighted by Gasteiger charge is 2.25. The van der Waals surface area contributed by atoms with Crippen LogP contribution >= 0.6 is 7.82 Å². The highest BCUT2D eigenvalue weighted by atomic mass is 31.2. The first kappa shape index (κ1) is 52.6. The van der Waals surface area contributed by atoms with Gasteiger partial charge in [0.2, 0.25) is 0 Å². The summed E-state index contributed by atoms with van der Waals surface area (Å²) in [6.07, 6.45) is 49.0. The van der Waals surface area contributed by atoms with Gasteiger partial charge in [0.05, 0.1) is 19.3 Å². The molecule has 0 aromatic carbocycles. The fourth-order valence-corrected chi connectivity index (χ4v) is 5.45. The molecule has 4 N–H and O–H groups in total. The van der Waals surface area contributed by atoms with Gasteiger partial charge in [-0.2, -0.15) is 0 Å². The van der Waals surface area contributed by atoms with Crippen molar-refractivity contribution in [2.45, 2.75) is 135 Å². The van der Waals surface area contributed by atoms with Gasteiger partial charge in [-0.15, -0.1) is 0 Å². The molecule has 0 saturated heterocycles. The van der Waals surface area contributed by atoms with Crippen molar-refractivity contribution in [2.75, 3.05) is 26.4 Å². The number of carbonyl (C=O) groups is 2. The first-order valence-electron chi connectivity index (χ1n) is 20.5. The highest BCUT2D eigenvalue weighted by molar-refractivity contribution is 7.47. The molecule has 0 heterocycles. The van der Waals surface area contributed by atoms with Crippen molar-refractivity contribution >= 4 is 19.8 Å². The molecule has 0 aliphatic carbocycles. The topological polar surface area (TPSA) is 155 Å². The lowest BCUT2D eigenvalue weighted by Gasteiger charge is -2.19. The van der Waals surface area contributed by atoms with Crippen LogP contribution in [0.2, 0.25) is 0 Å². The smallest absolute Gasteiger partial charge is 0.462 e. The first-order valence-corrected chi connectivity index (χ1v) is 22.0. The van der Waals surface area contributed by atoms with E-state index >= 15 is 0 Å². The molecule has 316 valence electrons. The third-order valence-electron chi connectivity index (χ3n) is 7.72. The van der Waals surface area contributed by atoms with E-state index in [-0.39, 0.29) is 32.6 Å². The van der Waals surface area contributed by atoms with Crippen molar-refractivity contribution in [3.8, 4) is 0 Å². The van der Waals surface area contributed by atoms with Gasteiger partial charge in [0.15, 0.2) is 6.10 Å². The summed E-state index contributed by atoms with van der Waals surface area (Å²) in [5.41, 5.74) is 5.33. The summed E-state index contributed by atoms with van der Waals surface area (Å²) in [5.74, 6) is -1.00. The van der Waals surface area contributed by atoms with Gasteiger partial charge in [0.1, 0.15) is 6.61 Å². The van der Waals surface area contributed by atoms with Gasteiger partial charge < -0.3 is 25.2 Å². The molecule has 0 fully saturated rings. The summed E-state index contributed by atoms with van der Waals surface area (Å²) in [5, 5.41) is 9.76. The molecule has 10 nitrogen and oxygen atoms in total. The Morgan fingerprint density at radius 1 is 0.643 bits per heavy atom. The van der Waals surface area contributed by atoms with Crippen LogP contribution in [0.1, 0.15) is 123 Å². The van der Waals surface area contributed by atoms with E-state index in [9.17, 15) is 24.2 Å². The lowest BCUT2D eigenvalue weighted by molar-refractivity contribution is -0.161. The monoisotopic (exact) mass is 801 g/mol. The Kier molecular flexibility index (Phi) is 37.5. The number of aliphatic hydroxyl groups is 1. The molecular weight excluding hydrogens is 729 g/mol. The maximum absolute atomic E-state index is 12.5. The number of allylic oxidation sites excluding steroid dienone is 16. The fraction of sp³-hybridized carbons (Fsp3) is 0.556. The zero-order chi connectivity index (χ0) is 41.2. The maximum atomic E-state index is 12.5. The van der Waals surface area contributed by atoms with Gasteiger partial charge in [0, 0.05) is 19.4 Å². The van der Waals surface area contributed by atoms with Crippen LogP contribution < -0.4 is 5.73 Å². The van der Waals surface area contributed by atoms with Crippen molar-refractivity contribution in [2.24, 2.45) is 5.73 Å². The molecule has 3 atom stereocenters. The van der Waals surface area contributed by atoms with Crippen molar-refractivity contribution < 1.29 is 42.7 Å². The van der Waals surface area contributed by atoms with Gasteiger partial charge in [0.25, 0.3) is 0 Å². The minimum absolute atomic E-state index is 0.0235. The summed E-state index contributed by atoms with van der Waals surface area (Å²) in [6.45, 7) is 3.28. The van der Waals surface area contributed by atoms with Crippen LogP contribution in [-0.2, 0) is 32.7 Å². The molecule has 0 bridgehead atoms. The molecule has 0 aliphatic heterocycles. The Bertz CT molecular complexity index is 1300. The predicted octanol–water partition coefficient (Wildman–Crippen LogP) is 10.6. The van der Waals surface area contributed by atoms with Crippen molar-refractivity contribution in [3.05, 3.63) is 109 Å². The SMILES string of the molecule is CC/C=C\C(O)C/C=C/C=C\C/C=C\C/C=C\CCCC(=O)O[C@H](COC(=O)CCC/C=C\C/C=C\C/C=C\C/C=C\CCCCC)COP(=O)(O)OCCN. The molecule has 0 aliphatic rings. The second-order valence-corrected chi connectivity index (χ2v) is 14.4. The summed E-state index contributed by atoms with van der Waals surface area (Å²) < 4.78 is 32.6. The third-order valence-corrected chi connectivity index (χ3v) is 8.70. The lowest BCUT2D eigenvalue weighted by atomic mass is 10.2. The second kappa shape index (κ2) is 39.8. The van der Waals surface area contributed by atoms with Crippen LogP contribution in [0.3, 0.4) is 0 Å². The van der Waals surface area contributed by atoms with E-state index in [2.05, 4.69) is 61.6 Å². The number of esters is 2. The molecule has 0 saturated carbocycles. The molecule has 56 heavy (non-hydrogen) atoms. The summed E-state index contributed by atoms with van der Waals surface area (Å²) in [4.78, 5) is 34.8. The number of ether oxygens (including phenoxy) is 2. The summed E-state index contributed by atoms with van der Waals surface area (Å²) in [7, 11) is -4.42. The minimum Gasteiger partial charge on any atom is -0.462 e. The standard InChI is InChI=1S/C45H72NO9P/c1-3-5-7-8-9-10-11-12-13-14-15-16-20-23-26-29-32-36-44(48)52-40-43(41-54-56(50,51)53-39-38-46)55-45(49)37-33-30-27-24-21-18-17-19-22-25-28-31-35-42(47)34-6-4-2/h6,9-10,12-13,15-18,22-28,31,34,42-43,47H,3-5,7-8,11,14,19-21,29-30,32-33,35-41,46H2,1-2H3,(H,50,51)/b10-9-,13-12-,16-15-,18-17-,25-22-,26-23-,27-24-,31-28+,34-6-/t42?,43-/m1/s1. The van der Waals surface area contributed by atoms with Crippen molar-refractivity contribution in [1.29, 1.82) is 0 Å². The van der Waals surface area contributed by atoms with Gasteiger partial charge >= 0.3 is 19.8 Å². The number of aliphatic hydroxyl groups excluding tert-OH is 1. The second-order valence-electron chi connectivity index (χ2n) is 13.0. The van der Waals surface area contributed by atoms with Crippen LogP contribution in [0.25, 0.3) is 0 Å². The fourth-order valence-electron chi connectivity index (χ4n) is 4.68. The summed E-state index contributed by atoms with van der Waals surface area (Å²) in [6, 6.07) is 0. The minimum atomic E-state index is -4.42. The number of hydrogen-bond acceptors (Lipinski definition) is 9. The lowest BCUT2D eigenvalue weighted by Crippen LogP contribution is -2.29. The Balaban J connectivity index is 4.45. The molecular formula is C45H72NO9P. The van der Waals surface area contributed by atoms with Crippen LogP contribution in [0.4, 0.5) is 0 Å². The first-order chi connectivity index (χ1) is 27.2. The number of rotatable bonds is 36. The van der Waals surface area contributed by atoms with Gasteiger partial charge in [-0.1, -0.05) is 136 Å². The quantitative estimate of drug-likeness (QED) is 0.0183. The van der Waals surface area contributed by atoms with E-state index in [4.69, 9.17) is 24.3 Å². The average molecular weight is 802 g/mol. The number of phosphoric ester groups is 1. The largest absolute Gasteiger partial charge is 0.472 e. The Hall–Kier alpha value is -3.37. The normalized spacial score (nSPS) is 15.0. The van der Waals surface area contributed by atoms with Crippen molar-refractivity contribution in [1.82, 2.24) is 0 Å². The molecule has 0 rings (SSSR count). The molecule has 2 unspecified atom stereocenters. The maximum Gasteiger partial charge on any atom is 0.472 e. The van der Waals surface area contributed by atoms with E-state index in [1.54, 1.807) is 0 Å². The average Bonchev–Trinajstić information content (AvgIpc) is 3.18. The number of unbranched alkanes of at least 4 members (excludes halogenated alkanes) is 5. The van der Waals surface area contributed by atoms with Gasteiger partial charge in [-0.25, -0.2) is 4.57 Å². The van der Waals surface area contributed by atoms with Gasteiger partial charge in [-0.3, -0.25) is 18.6 Å². The van der Waals surface area contributed by atoms with E-state index in [1.165, 1.54) is 19.3 Å². The molecule has 0 spiro atoms. The highest BCUT2D eigenvalue weighted by Crippen LogP contribution is 2.43. The zero-order valence-corrected chi connectivity index (χ0v) is 35.1. The van der Waals surface area contributed by atoms with Crippen LogP contribution in [0.15, 0.2) is 109 Å².